The van der Waals surface area contributed by atoms with Crippen molar-refractivity contribution in [1.29, 1.82) is 0 Å². The van der Waals surface area contributed by atoms with Crippen molar-refractivity contribution in [3.63, 3.8) is 0 Å². The maximum absolute atomic E-state index is 12.9. The van der Waals surface area contributed by atoms with Crippen LogP contribution >= 0.6 is 0 Å². The second kappa shape index (κ2) is 5.62. The van der Waals surface area contributed by atoms with E-state index in [0.29, 0.717) is 34.3 Å². The van der Waals surface area contributed by atoms with Crippen molar-refractivity contribution < 1.29 is 14.6 Å². The van der Waals surface area contributed by atoms with Gasteiger partial charge in [0.05, 0.1) is 12.7 Å². The molecule has 5 nitrogen and oxygen atoms in total. The smallest absolute Gasteiger partial charge is 0.257 e. The highest BCUT2D eigenvalue weighted by Gasteiger charge is 2.33. The molecule has 1 amide bonds. The van der Waals surface area contributed by atoms with Gasteiger partial charge in [-0.15, -0.1) is 0 Å². The summed E-state index contributed by atoms with van der Waals surface area (Å²) in [5.74, 6) is 0.381. The van der Waals surface area contributed by atoms with Crippen molar-refractivity contribution in [2.24, 2.45) is 0 Å². The quantitative estimate of drug-likeness (QED) is 0.806. The molecule has 0 spiro atoms. The SMILES string of the molecule is COc1ccc2c3c(ccnc13)C(=O)N(Cc1ccccc1)C2O. The van der Waals surface area contributed by atoms with Crippen LogP contribution in [-0.2, 0) is 6.54 Å². The third kappa shape index (κ3) is 2.13. The Bertz CT molecular complexity index is 925. The molecular formula is C19H16N2O3. The largest absolute Gasteiger partial charge is 0.494 e. The van der Waals surface area contributed by atoms with Gasteiger partial charge in [-0.25, -0.2) is 0 Å². The van der Waals surface area contributed by atoms with Crippen LogP contribution in [-0.4, -0.2) is 28.0 Å². The van der Waals surface area contributed by atoms with Crippen LogP contribution in [0.15, 0.2) is 54.7 Å². The molecule has 2 aromatic carbocycles. The minimum absolute atomic E-state index is 0.209. The van der Waals surface area contributed by atoms with E-state index in [-0.39, 0.29) is 5.91 Å². The van der Waals surface area contributed by atoms with Crippen LogP contribution in [0.4, 0.5) is 0 Å². The molecule has 120 valence electrons. The van der Waals surface area contributed by atoms with Gasteiger partial charge < -0.3 is 14.7 Å². The lowest BCUT2D eigenvalue weighted by molar-refractivity contribution is 0.000852. The summed E-state index contributed by atoms with van der Waals surface area (Å²) in [6.07, 6.45) is 0.586. The Morgan fingerprint density at radius 2 is 1.96 bits per heavy atom. The maximum atomic E-state index is 12.9. The average Bonchev–Trinajstić information content (AvgIpc) is 2.63. The molecule has 0 saturated carbocycles. The number of nitrogens with zero attached hydrogens (tertiary/aromatic N) is 2. The number of hydrogen-bond acceptors (Lipinski definition) is 4. The number of hydrogen-bond donors (Lipinski definition) is 1. The fourth-order valence-electron chi connectivity index (χ4n) is 3.20. The molecule has 1 atom stereocenters. The van der Waals surface area contributed by atoms with Gasteiger partial charge in [-0.1, -0.05) is 36.4 Å². The first-order valence-corrected chi connectivity index (χ1v) is 7.69. The van der Waals surface area contributed by atoms with Crippen molar-refractivity contribution >= 4 is 16.8 Å². The highest BCUT2D eigenvalue weighted by atomic mass is 16.5. The molecule has 4 rings (SSSR count). The molecule has 0 radical (unpaired) electrons. The fraction of sp³-hybridized carbons (Fsp3) is 0.158. The lowest BCUT2D eigenvalue weighted by Crippen LogP contribution is -2.37. The molecule has 1 aromatic heterocycles. The second-order valence-corrected chi connectivity index (χ2v) is 5.73. The number of ether oxygens (including phenoxy) is 1. The van der Waals surface area contributed by atoms with Gasteiger partial charge in [-0.05, 0) is 17.7 Å². The number of benzene rings is 2. The standard InChI is InChI=1S/C19H16N2O3/c1-24-15-8-7-13-16-14(9-10-20-17(15)16)19(23)21(18(13)22)11-12-5-3-2-4-6-12/h2-10,18,22H,11H2,1H3. The number of aromatic nitrogens is 1. The summed E-state index contributed by atoms with van der Waals surface area (Å²) in [6.45, 7) is 0.343. The van der Waals surface area contributed by atoms with Crippen LogP contribution in [0.2, 0.25) is 0 Å². The number of methoxy groups -OCH3 is 1. The van der Waals surface area contributed by atoms with Gasteiger partial charge in [0, 0.05) is 23.7 Å². The number of aliphatic hydroxyl groups excluding tert-OH is 1. The second-order valence-electron chi connectivity index (χ2n) is 5.73. The molecule has 2 heterocycles. The molecule has 5 heteroatoms. The Labute approximate surface area is 139 Å². The Hall–Kier alpha value is -2.92. The third-order valence-electron chi connectivity index (χ3n) is 4.37. The van der Waals surface area contributed by atoms with E-state index in [2.05, 4.69) is 4.98 Å². The molecule has 0 fully saturated rings. The number of amides is 1. The van der Waals surface area contributed by atoms with Gasteiger partial charge in [0.15, 0.2) is 6.23 Å². The van der Waals surface area contributed by atoms with Crippen LogP contribution in [0, 0.1) is 0 Å². The van der Waals surface area contributed by atoms with Crippen molar-refractivity contribution in [1.82, 2.24) is 9.88 Å². The van der Waals surface area contributed by atoms with E-state index < -0.39 is 6.23 Å². The van der Waals surface area contributed by atoms with Crippen molar-refractivity contribution in [3.05, 3.63) is 71.4 Å². The Balaban J connectivity index is 1.85. The van der Waals surface area contributed by atoms with Crippen LogP contribution < -0.4 is 4.74 Å². The molecule has 1 N–H and O–H groups in total. The van der Waals surface area contributed by atoms with E-state index >= 15 is 0 Å². The van der Waals surface area contributed by atoms with Gasteiger partial charge in [-0.2, -0.15) is 0 Å². The highest BCUT2D eigenvalue weighted by Crippen LogP contribution is 2.38. The molecular weight excluding hydrogens is 304 g/mol. The number of rotatable bonds is 3. The Morgan fingerprint density at radius 3 is 2.71 bits per heavy atom. The first kappa shape index (κ1) is 14.7. The first-order valence-electron chi connectivity index (χ1n) is 7.69. The normalized spacial score (nSPS) is 16.5. The minimum Gasteiger partial charge on any atom is -0.494 e. The first-order chi connectivity index (χ1) is 11.7. The molecule has 0 saturated heterocycles. The zero-order valence-electron chi connectivity index (χ0n) is 13.1. The molecule has 24 heavy (non-hydrogen) atoms. The summed E-state index contributed by atoms with van der Waals surface area (Å²) in [4.78, 5) is 18.7. The van der Waals surface area contributed by atoms with Gasteiger partial charge in [0.1, 0.15) is 11.3 Å². The molecule has 1 aliphatic rings. The predicted octanol–water partition coefficient (Wildman–Crippen LogP) is 2.89. The lowest BCUT2D eigenvalue weighted by atomic mass is 9.95. The van der Waals surface area contributed by atoms with Crippen molar-refractivity contribution in [2.75, 3.05) is 7.11 Å². The Kier molecular flexibility index (Phi) is 3.43. The summed E-state index contributed by atoms with van der Waals surface area (Å²) in [6, 6.07) is 14.9. The number of carbonyl (C=O) groups excluding carboxylic acids is 1. The van der Waals surface area contributed by atoms with Crippen LogP contribution in [0.3, 0.4) is 0 Å². The van der Waals surface area contributed by atoms with E-state index in [1.807, 2.05) is 30.3 Å². The van der Waals surface area contributed by atoms with Crippen LogP contribution in [0.1, 0.15) is 27.7 Å². The maximum Gasteiger partial charge on any atom is 0.257 e. The molecule has 0 bridgehead atoms. The fourth-order valence-corrected chi connectivity index (χ4v) is 3.20. The zero-order valence-corrected chi connectivity index (χ0v) is 13.1. The van der Waals surface area contributed by atoms with E-state index in [1.165, 1.54) is 4.90 Å². The number of aliphatic hydroxyl groups is 1. The summed E-state index contributed by atoms with van der Waals surface area (Å²) < 4.78 is 5.33. The molecule has 0 aliphatic carbocycles. The van der Waals surface area contributed by atoms with Crippen LogP contribution in [0.5, 0.6) is 5.75 Å². The van der Waals surface area contributed by atoms with Gasteiger partial charge in [0.2, 0.25) is 0 Å². The molecule has 3 aromatic rings. The topological polar surface area (TPSA) is 62.7 Å². The monoisotopic (exact) mass is 320 g/mol. The summed E-state index contributed by atoms with van der Waals surface area (Å²) in [5, 5.41) is 11.4. The summed E-state index contributed by atoms with van der Waals surface area (Å²) in [5.41, 5.74) is 2.77. The highest BCUT2D eigenvalue weighted by molar-refractivity contribution is 6.10. The van der Waals surface area contributed by atoms with Crippen molar-refractivity contribution in [3.8, 4) is 5.75 Å². The minimum atomic E-state index is -1.01. The van der Waals surface area contributed by atoms with E-state index in [1.54, 1.807) is 31.5 Å². The zero-order chi connectivity index (χ0) is 16.7. The molecule has 1 aliphatic heterocycles. The molecule has 1 unspecified atom stereocenters. The van der Waals surface area contributed by atoms with Crippen molar-refractivity contribution in [2.45, 2.75) is 12.8 Å². The van der Waals surface area contributed by atoms with Gasteiger partial charge >= 0.3 is 0 Å². The van der Waals surface area contributed by atoms with E-state index in [9.17, 15) is 9.90 Å². The number of pyridine rings is 1. The third-order valence-corrected chi connectivity index (χ3v) is 4.37. The lowest BCUT2D eigenvalue weighted by Gasteiger charge is -2.33. The Morgan fingerprint density at radius 1 is 1.17 bits per heavy atom. The van der Waals surface area contributed by atoms with Gasteiger partial charge in [-0.3, -0.25) is 9.78 Å². The van der Waals surface area contributed by atoms with E-state index in [4.69, 9.17) is 4.74 Å². The summed E-state index contributed by atoms with van der Waals surface area (Å²) in [7, 11) is 1.56. The van der Waals surface area contributed by atoms with E-state index in [0.717, 1.165) is 5.56 Å². The predicted molar refractivity (Wildman–Crippen MR) is 89.6 cm³/mol. The average molecular weight is 320 g/mol. The number of carbonyl (C=O) groups is 1. The summed E-state index contributed by atoms with van der Waals surface area (Å²) >= 11 is 0. The van der Waals surface area contributed by atoms with Gasteiger partial charge in [0.25, 0.3) is 5.91 Å². The van der Waals surface area contributed by atoms with Crippen LogP contribution in [0.25, 0.3) is 10.9 Å².